The smallest absolute Gasteiger partial charge is 0.222 e. The topological polar surface area (TPSA) is 36.4 Å². The fourth-order valence-electron chi connectivity index (χ4n) is 2.22. The standard InChI is InChI=1S/C14H23N3OS/c1-10(2)9-13(18)16-5-7-17(8-6-16)14-15-11(3)12(4)19-14/h10H,5-9H2,1-4H3. The molecule has 2 heterocycles. The van der Waals surface area contributed by atoms with E-state index in [0.29, 0.717) is 18.2 Å². The molecule has 0 N–H and O–H groups in total. The predicted octanol–water partition coefficient (Wildman–Crippen LogP) is 2.45. The van der Waals surface area contributed by atoms with Crippen molar-refractivity contribution >= 4 is 22.4 Å². The van der Waals surface area contributed by atoms with E-state index in [4.69, 9.17) is 0 Å². The number of carbonyl (C=O) groups is 1. The lowest BCUT2D eigenvalue weighted by Crippen LogP contribution is -2.49. The number of carbonyl (C=O) groups excluding carboxylic acids is 1. The van der Waals surface area contributed by atoms with E-state index in [0.717, 1.165) is 37.0 Å². The lowest BCUT2D eigenvalue weighted by Gasteiger charge is -2.35. The van der Waals surface area contributed by atoms with Gasteiger partial charge in [-0.25, -0.2) is 4.98 Å². The quantitative estimate of drug-likeness (QED) is 0.854. The third kappa shape index (κ3) is 3.47. The Bertz CT molecular complexity index is 428. The lowest BCUT2D eigenvalue weighted by atomic mass is 10.1. The van der Waals surface area contributed by atoms with E-state index in [-0.39, 0.29) is 0 Å². The fraction of sp³-hybridized carbons (Fsp3) is 0.714. The van der Waals surface area contributed by atoms with Crippen LogP contribution in [0.4, 0.5) is 5.13 Å². The summed E-state index contributed by atoms with van der Waals surface area (Å²) >= 11 is 1.75. The molecule has 0 spiro atoms. The molecule has 0 aromatic carbocycles. The predicted molar refractivity (Wildman–Crippen MR) is 79.8 cm³/mol. The molecule has 2 rings (SSSR count). The van der Waals surface area contributed by atoms with Gasteiger partial charge in [0.15, 0.2) is 5.13 Å². The number of nitrogens with zero attached hydrogens (tertiary/aromatic N) is 3. The van der Waals surface area contributed by atoms with Crippen molar-refractivity contribution in [3.8, 4) is 0 Å². The van der Waals surface area contributed by atoms with Crippen LogP contribution in [0.5, 0.6) is 0 Å². The Hall–Kier alpha value is -1.10. The van der Waals surface area contributed by atoms with Crippen LogP contribution in [-0.4, -0.2) is 42.0 Å². The van der Waals surface area contributed by atoms with E-state index >= 15 is 0 Å². The van der Waals surface area contributed by atoms with Gasteiger partial charge in [-0.05, 0) is 19.8 Å². The summed E-state index contributed by atoms with van der Waals surface area (Å²) in [5, 5.41) is 1.10. The summed E-state index contributed by atoms with van der Waals surface area (Å²) in [4.78, 5) is 22.2. The first-order valence-corrected chi connectivity index (χ1v) is 7.75. The number of piperazine rings is 1. The van der Waals surface area contributed by atoms with Gasteiger partial charge in [0.05, 0.1) is 5.69 Å². The maximum absolute atomic E-state index is 12.0. The lowest BCUT2D eigenvalue weighted by molar-refractivity contribution is -0.132. The molecular weight excluding hydrogens is 258 g/mol. The highest BCUT2D eigenvalue weighted by atomic mass is 32.1. The van der Waals surface area contributed by atoms with Crippen molar-refractivity contribution in [1.29, 1.82) is 0 Å². The average Bonchev–Trinajstić information content (AvgIpc) is 2.69. The van der Waals surface area contributed by atoms with Crippen LogP contribution in [0.2, 0.25) is 0 Å². The molecule has 1 saturated heterocycles. The van der Waals surface area contributed by atoms with E-state index in [1.165, 1.54) is 4.88 Å². The summed E-state index contributed by atoms with van der Waals surface area (Å²) in [6, 6.07) is 0. The maximum atomic E-state index is 12.0. The molecular formula is C14H23N3OS. The highest BCUT2D eigenvalue weighted by Gasteiger charge is 2.23. The van der Waals surface area contributed by atoms with Crippen molar-refractivity contribution in [3.63, 3.8) is 0 Å². The first-order valence-electron chi connectivity index (χ1n) is 6.94. The van der Waals surface area contributed by atoms with Crippen LogP contribution in [0.15, 0.2) is 0 Å². The van der Waals surface area contributed by atoms with Crippen molar-refractivity contribution in [2.45, 2.75) is 34.1 Å². The third-order valence-electron chi connectivity index (χ3n) is 3.50. The Morgan fingerprint density at radius 1 is 1.26 bits per heavy atom. The maximum Gasteiger partial charge on any atom is 0.222 e. The molecule has 0 unspecified atom stereocenters. The number of anilines is 1. The van der Waals surface area contributed by atoms with Crippen molar-refractivity contribution < 1.29 is 4.79 Å². The van der Waals surface area contributed by atoms with E-state index in [9.17, 15) is 4.79 Å². The Morgan fingerprint density at radius 3 is 2.37 bits per heavy atom. The van der Waals surface area contributed by atoms with Gasteiger partial charge in [-0.3, -0.25) is 4.79 Å². The van der Waals surface area contributed by atoms with Gasteiger partial charge < -0.3 is 9.80 Å². The number of hydrogen-bond acceptors (Lipinski definition) is 4. The van der Waals surface area contributed by atoms with E-state index in [1.54, 1.807) is 11.3 Å². The van der Waals surface area contributed by atoms with Crippen molar-refractivity contribution in [3.05, 3.63) is 10.6 Å². The Kier molecular flexibility index (Phi) is 4.45. The van der Waals surface area contributed by atoms with E-state index in [1.807, 2.05) is 4.90 Å². The first-order chi connectivity index (χ1) is 8.97. The summed E-state index contributed by atoms with van der Waals surface area (Å²) in [6.45, 7) is 11.8. The van der Waals surface area contributed by atoms with Crippen molar-refractivity contribution in [1.82, 2.24) is 9.88 Å². The highest BCUT2D eigenvalue weighted by molar-refractivity contribution is 7.15. The van der Waals surface area contributed by atoms with Crippen LogP contribution in [0.1, 0.15) is 30.8 Å². The van der Waals surface area contributed by atoms with Gasteiger partial charge in [0.25, 0.3) is 0 Å². The minimum Gasteiger partial charge on any atom is -0.345 e. The normalized spacial score (nSPS) is 16.3. The van der Waals surface area contributed by atoms with Gasteiger partial charge in [0.2, 0.25) is 5.91 Å². The minimum atomic E-state index is 0.293. The fourth-order valence-corrected chi connectivity index (χ4v) is 3.18. The first kappa shape index (κ1) is 14.3. The second kappa shape index (κ2) is 5.90. The molecule has 1 aliphatic heterocycles. The summed E-state index contributed by atoms with van der Waals surface area (Å²) in [5.74, 6) is 0.732. The molecule has 1 fully saturated rings. The second-order valence-corrected chi connectivity index (χ2v) is 6.79. The molecule has 1 aromatic rings. The summed E-state index contributed by atoms with van der Waals surface area (Å²) < 4.78 is 0. The minimum absolute atomic E-state index is 0.293. The molecule has 0 atom stereocenters. The number of hydrogen-bond donors (Lipinski definition) is 0. The molecule has 4 nitrogen and oxygen atoms in total. The van der Waals surface area contributed by atoms with Crippen LogP contribution in [0, 0.1) is 19.8 Å². The van der Waals surface area contributed by atoms with Gasteiger partial charge in [-0.2, -0.15) is 0 Å². The van der Waals surface area contributed by atoms with Crippen LogP contribution < -0.4 is 4.90 Å². The number of aromatic nitrogens is 1. The molecule has 106 valence electrons. The summed E-state index contributed by atoms with van der Waals surface area (Å²) in [7, 11) is 0. The monoisotopic (exact) mass is 281 g/mol. The van der Waals surface area contributed by atoms with Gasteiger partial charge in [0, 0.05) is 37.5 Å². The van der Waals surface area contributed by atoms with Crippen LogP contribution in [-0.2, 0) is 4.79 Å². The Labute approximate surface area is 119 Å². The molecule has 1 amide bonds. The molecule has 5 heteroatoms. The molecule has 0 radical (unpaired) electrons. The molecule has 1 aromatic heterocycles. The Morgan fingerprint density at radius 2 is 1.89 bits per heavy atom. The molecule has 0 saturated carbocycles. The summed E-state index contributed by atoms with van der Waals surface area (Å²) in [5.41, 5.74) is 1.12. The van der Waals surface area contributed by atoms with Crippen LogP contribution >= 0.6 is 11.3 Å². The zero-order chi connectivity index (χ0) is 14.0. The van der Waals surface area contributed by atoms with Gasteiger partial charge in [0.1, 0.15) is 0 Å². The van der Waals surface area contributed by atoms with Crippen molar-refractivity contribution in [2.75, 3.05) is 31.1 Å². The van der Waals surface area contributed by atoms with Crippen molar-refractivity contribution in [2.24, 2.45) is 5.92 Å². The van der Waals surface area contributed by atoms with Gasteiger partial charge in [-0.15, -0.1) is 11.3 Å². The molecule has 0 aliphatic carbocycles. The van der Waals surface area contributed by atoms with Gasteiger partial charge in [-0.1, -0.05) is 13.8 Å². The SMILES string of the molecule is Cc1nc(N2CCN(C(=O)CC(C)C)CC2)sc1C. The molecule has 1 aliphatic rings. The number of thiazole rings is 1. The summed E-state index contributed by atoms with van der Waals surface area (Å²) in [6.07, 6.45) is 0.662. The largest absolute Gasteiger partial charge is 0.345 e. The van der Waals surface area contributed by atoms with Crippen LogP contribution in [0.3, 0.4) is 0 Å². The van der Waals surface area contributed by atoms with Gasteiger partial charge >= 0.3 is 0 Å². The molecule has 0 bridgehead atoms. The molecule has 19 heavy (non-hydrogen) atoms. The number of aryl methyl sites for hydroxylation is 2. The highest BCUT2D eigenvalue weighted by Crippen LogP contribution is 2.26. The third-order valence-corrected chi connectivity index (χ3v) is 4.64. The van der Waals surface area contributed by atoms with Crippen LogP contribution in [0.25, 0.3) is 0 Å². The zero-order valence-electron chi connectivity index (χ0n) is 12.3. The zero-order valence-corrected chi connectivity index (χ0v) is 13.1. The Balaban J connectivity index is 1.90. The van der Waals surface area contributed by atoms with E-state index < -0.39 is 0 Å². The van der Waals surface area contributed by atoms with E-state index in [2.05, 4.69) is 37.6 Å². The average molecular weight is 281 g/mol. The second-order valence-electron chi connectivity index (χ2n) is 5.60. The number of amides is 1. The number of rotatable bonds is 3.